The van der Waals surface area contributed by atoms with Gasteiger partial charge in [0.15, 0.2) is 0 Å². The first kappa shape index (κ1) is 29.0. The summed E-state index contributed by atoms with van der Waals surface area (Å²) >= 11 is -0.0836. The molecule has 8 nitrogen and oxygen atoms in total. The van der Waals surface area contributed by atoms with Crippen LogP contribution in [0.4, 0.5) is 0 Å². The van der Waals surface area contributed by atoms with Crippen LogP contribution in [0.1, 0.15) is 71.1 Å². The summed E-state index contributed by atoms with van der Waals surface area (Å²) in [5.74, 6) is 0.501. The van der Waals surface area contributed by atoms with Gasteiger partial charge in [0, 0.05) is 13.1 Å². The zero-order valence-electron chi connectivity index (χ0n) is 22.2. The predicted molar refractivity (Wildman–Crippen MR) is 142 cm³/mol. The normalized spacial score (nSPS) is 27.5. The molecule has 3 fully saturated rings. The van der Waals surface area contributed by atoms with Crippen molar-refractivity contribution in [3.8, 4) is 0 Å². The third-order valence-corrected chi connectivity index (χ3v) is 12.6. The Hall–Kier alpha value is -0.980. The number of nitrogens with one attached hydrogen (secondary N) is 2. The van der Waals surface area contributed by atoms with Gasteiger partial charge in [-0.05, 0) is 6.42 Å². The van der Waals surface area contributed by atoms with Crippen molar-refractivity contribution in [2.75, 3.05) is 38.5 Å². The van der Waals surface area contributed by atoms with Crippen LogP contribution in [0.15, 0.2) is 19.8 Å². The fraction of sp³-hybridized carbons (Fsp3) is 0.778. The molecule has 3 heterocycles. The number of nitrogens with zero attached hydrogens (tertiary/aromatic N) is 2. The molecule has 0 bridgehead atoms. The molecule has 10 heteroatoms. The zero-order valence-corrected chi connectivity index (χ0v) is 25.1. The van der Waals surface area contributed by atoms with E-state index in [1.54, 1.807) is 4.31 Å². The number of sulfonamides is 1. The van der Waals surface area contributed by atoms with E-state index in [0.717, 1.165) is 32.1 Å². The number of allylic oxidation sites excluding steroid dienone is 2. The van der Waals surface area contributed by atoms with Crippen LogP contribution in [0.25, 0.3) is 0 Å². The number of carbonyl (C=O) groups is 2. The fourth-order valence-electron chi connectivity index (χ4n) is 5.94. The summed E-state index contributed by atoms with van der Waals surface area (Å²) in [6, 6.07) is 0.0935. The van der Waals surface area contributed by atoms with Crippen molar-refractivity contribution in [3.05, 3.63) is 19.8 Å². The van der Waals surface area contributed by atoms with Crippen molar-refractivity contribution < 1.29 is 39.2 Å². The van der Waals surface area contributed by atoms with Gasteiger partial charge in [-0.1, -0.05) is 19.3 Å². The molecule has 0 unspecified atom stereocenters. The molecule has 1 aliphatic carbocycles. The number of hydrogen-bond donors (Lipinski definition) is 2. The second-order valence-electron chi connectivity index (χ2n) is 11.0. The molecule has 210 valence electrons. The summed E-state index contributed by atoms with van der Waals surface area (Å²) in [5.41, 5.74) is 0. The average Bonchev–Trinajstić information content (AvgIpc) is 3.54. The third-order valence-electron chi connectivity index (χ3n) is 8.28. The molecule has 3 atom stereocenters. The van der Waals surface area contributed by atoms with E-state index in [9.17, 15) is 18.0 Å². The molecule has 2 amide bonds. The summed E-state index contributed by atoms with van der Waals surface area (Å²) in [7, 11) is -3.07. The Bertz CT molecular complexity index is 963. The maximum absolute atomic E-state index is 13.8. The van der Waals surface area contributed by atoms with Gasteiger partial charge in [-0.25, -0.2) is 12.7 Å². The molecule has 2 N–H and O–H groups in total. The maximum atomic E-state index is 13.8. The van der Waals surface area contributed by atoms with Crippen LogP contribution >= 0.6 is 0 Å². The Labute approximate surface area is 233 Å². The van der Waals surface area contributed by atoms with Gasteiger partial charge in [-0.2, -0.15) is 0 Å². The summed E-state index contributed by atoms with van der Waals surface area (Å²) < 4.78 is 29.4. The van der Waals surface area contributed by atoms with Crippen LogP contribution in [0, 0.1) is 11.8 Å². The van der Waals surface area contributed by atoms with Crippen molar-refractivity contribution in [2.45, 2.75) is 83.2 Å². The molecule has 4 aliphatic rings. The monoisotopic (exact) mass is 647 g/mol. The van der Waals surface area contributed by atoms with Crippen LogP contribution in [0.3, 0.4) is 0 Å². The minimum absolute atomic E-state index is 0.0606. The number of likely N-dealkylation sites (tertiary alicyclic amines) is 1. The van der Waals surface area contributed by atoms with Crippen LogP contribution in [-0.2, 0) is 19.6 Å². The van der Waals surface area contributed by atoms with Crippen molar-refractivity contribution >= 4 is 21.8 Å². The second kappa shape index (κ2) is 13.9. The quantitative estimate of drug-likeness (QED) is 0.235. The van der Waals surface area contributed by atoms with Gasteiger partial charge >= 0.3 is 167 Å². The third kappa shape index (κ3) is 8.25. The van der Waals surface area contributed by atoms with Gasteiger partial charge in [0.2, 0.25) is 10.0 Å². The SMILES string of the molecule is C[C@@H]1CCN(C(=O)[C@@H](CCCCN2CCCS2(=O)=O)NC2CCCCC2)C[C@@H]1C(=O)NCC1=CC=C[I-]1. The number of amides is 2. The molecule has 4 rings (SSSR count). The van der Waals surface area contributed by atoms with Crippen LogP contribution in [-0.4, -0.2) is 80.0 Å². The summed E-state index contributed by atoms with van der Waals surface area (Å²) in [5, 5.41) is 6.81. The molecule has 0 radical (unpaired) electrons. The van der Waals surface area contributed by atoms with Gasteiger partial charge in [0.25, 0.3) is 0 Å². The summed E-state index contributed by atoms with van der Waals surface area (Å²) in [6.07, 6.45) is 13.9. The van der Waals surface area contributed by atoms with E-state index in [0.29, 0.717) is 51.6 Å². The van der Waals surface area contributed by atoms with E-state index in [-0.39, 0.29) is 56.6 Å². The van der Waals surface area contributed by atoms with Gasteiger partial charge in [-0.3, -0.25) is 0 Å². The van der Waals surface area contributed by atoms with Crippen LogP contribution in [0.5, 0.6) is 0 Å². The van der Waals surface area contributed by atoms with E-state index >= 15 is 0 Å². The number of rotatable bonds is 11. The fourth-order valence-corrected chi connectivity index (χ4v) is 9.21. The second-order valence-corrected chi connectivity index (χ2v) is 15.9. The zero-order chi connectivity index (χ0) is 26.3. The van der Waals surface area contributed by atoms with Gasteiger partial charge < -0.3 is 0 Å². The van der Waals surface area contributed by atoms with E-state index in [1.165, 1.54) is 22.8 Å². The minimum atomic E-state index is -3.07. The predicted octanol–water partition coefficient (Wildman–Crippen LogP) is -0.416. The molecule has 37 heavy (non-hydrogen) atoms. The van der Waals surface area contributed by atoms with Crippen molar-refractivity contribution in [3.63, 3.8) is 0 Å². The molecule has 2 saturated heterocycles. The molecule has 1 saturated carbocycles. The first-order chi connectivity index (χ1) is 17.8. The summed E-state index contributed by atoms with van der Waals surface area (Å²) in [6.45, 7) is 5.08. The number of hydrogen-bond acceptors (Lipinski definition) is 5. The molecule has 0 spiro atoms. The first-order valence-corrected chi connectivity index (χ1v) is 18.1. The molecular formula is C27H44IN4O4S-. The number of carbonyl (C=O) groups excluding carboxylic acids is 2. The molecule has 0 aromatic heterocycles. The molecule has 0 aromatic carbocycles. The molecule has 0 aromatic rings. The van der Waals surface area contributed by atoms with Gasteiger partial charge in [-0.15, -0.1) is 0 Å². The van der Waals surface area contributed by atoms with Gasteiger partial charge in [0.1, 0.15) is 0 Å². The topological polar surface area (TPSA) is 98.8 Å². The van der Waals surface area contributed by atoms with Crippen LogP contribution in [0.2, 0.25) is 0 Å². The van der Waals surface area contributed by atoms with E-state index in [1.807, 2.05) is 4.90 Å². The Balaban J connectivity index is 1.32. The summed E-state index contributed by atoms with van der Waals surface area (Å²) in [4.78, 5) is 28.8. The van der Waals surface area contributed by atoms with Crippen molar-refractivity contribution in [1.29, 1.82) is 0 Å². The van der Waals surface area contributed by atoms with E-state index in [2.05, 4.69) is 33.8 Å². The van der Waals surface area contributed by atoms with E-state index in [4.69, 9.17) is 0 Å². The van der Waals surface area contributed by atoms with Crippen molar-refractivity contribution in [2.24, 2.45) is 11.8 Å². The Morgan fingerprint density at radius 3 is 2.62 bits per heavy atom. The first-order valence-electron chi connectivity index (χ1n) is 14.1. The molecule has 3 aliphatic heterocycles. The van der Waals surface area contributed by atoms with Crippen LogP contribution < -0.4 is 31.8 Å². The number of piperidine rings is 1. The standard InChI is InChI=1S/C27H44IN4O4S/c1-21-13-17-31(20-24(21)26(33)29-19-22-9-7-14-28-22)27(34)25(30-23-10-3-2-4-11-23)12-5-6-15-32-16-8-18-37(32,35)36/h7,9,14,21,23-25,30H,2-6,8,10-13,15-20H2,1H3,(H,29,33)/q-1/t21-,24+,25-/m1/s1. The molecular weight excluding hydrogens is 603 g/mol. The van der Waals surface area contributed by atoms with Crippen molar-refractivity contribution in [1.82, 2.24) is 19.8 Å². The Kier molecular flexibility index (Phi) is 10.9. The van der Waals surface area contributed by atoms with E-state index < -0.39 is 10.0 Å². The average molecular weight is 648 g/mol. The Morgan fingerprint density at radius 2 is 1.92 bits per heavy atom. The van der Waals surface area contributed by atoms with Gasteiger partial charge in [0.05, 0.1) is 5.75 Å². The Morgan fingerprint density at radius 1 is 1.11 bits per heavy atom. The number of halogens is 1. The number of unbranched alkanes of at least 4 members (excludes halogenated alkanes) is 1.